The lowest BCUT2D eigenvalue weighted by molar-refractivity contribution is -0.00805. The van der Waals surface area contributed by atoms with Crippen molar-refractivity contribution >= 4 is 35.8 Å². The Hall–Kier alpha value is -1.88. The number of guanidine groups is 1. The molecule has 0 spiro atoms. The number of nitrogens with zero attached hydrogens (tertiary/aromatic N) is 6. The van der Waals surface area contributed by atoms with Crippen molar-refractivity contribution in [1.82, 2.24) is 25.0 Å². The first-order valence-corrected chi connectivity index (χ1v) is 8.76. The molecule has 1 saturated heterocycles. The van der Waals surface area contributed by atoms with Crippen LogP contribution in [0.15, 0.2) is 35.6 Å². The lowest BCUT2D eigenvalue weighted by Gasteiger charge is -2.34. The van der Waals surface area contributed by atoms with E-state index in [-0.39, 0.29) is 30.1 Å². The maximum atomic E-state index is 5.91. The summed E-state index contributed by atoms with van der Waals surface area (Å²) in [6.07, 6.45) is 3.87. The molecule has 1 aliphatic rings. The number of morpholine rings is 1. The molecule has 1 aliphatic heterocycles. The second-order valence-electron chi connectivity index (χ2n) is 6.54. The zero-order valence-corrected chi connectivity index (χ0v) is 18.6. The summed E-state index contributed by atoms with van der Waals surface area (Å²) < 4.78 is 7.71. The van der Waals surface area contributed by atoms with E-state index in [1.807, 2.05) is 56.6 Å². The number of rotatable bonds is 4. The van der Waals surface area contributed by atoms with Crippen LogP contribution in [-0.2, 0) is 18.3 Å². The van der Waals surface area contributed by atoms with Gasteiger partial charge in [-0.15, -0.1) is 24.0 Å². The highest BCUT2D eigenvalue weighted by molar-refractivity contribution is 14.0. The van der Waals surface area contributed by atoms with E-state index in [1.165, 1.54) is 0 Å². The largest absolute Gasteiger partial charge is 0.370 e. The van der Waals surface area contributed by atoms with Gasteiger partial charge in [0.05, 0.1) is 31.6 Å². The number of nitrogens with one attached hydrogen (secondary N) is 1. The third kappa shape index (κ3) is 5.55. The molecule has 1 unspecified atom stereocenters. The van der Waals surface area contributed by atoms with Crippen molar-refractivity contribution in [2.24, 2.45) is 12.0 Å². The van der Waals surface area contributed by atoms with Crippen molar-refractivity contribution in [2.75, 3.05) is 45.7 Å². The van der Waals surface area contributed by atoms with Gasteiger partial charge in [-0.25, -0.2) is 4.98 Å². The molecule has 8 nitrogen and oxygen atoms in total. The SMILES string of the molecule is CN=C(NCc1cccc(N(C)C)n1)N1CCOC(c2cnn(C)c2)C1.I. The van der Waals surface area contributed by atoms with Crippen molar-refractivity contribution in [3.63, 3.8) is 0 Å². The maximum Gasteiger partial charge on any atom is 0.194 e. The van der Waals surface area contributed by atoms with Crippen molar-refractivity contribution in [1.29, 1.82) is 0 Å². The Balaban J connectivity index is 0.00000261. The van der Waals surface area contributed by atoms with Gasteiger partial charge in [0.15, 0.2) is 5.96 Å². The summed E-state index contributed by atoms with van der Waals surface area (Å²) in [7, 11) is 7.70. The topological polar surface area (TPSA) is 70.8 Å². The normalized spacial score (nSPS) is 17.4. The second-order valence-corrected chi connectivity index (χ2v) is 6.54. The third-order valence-electron chi connectivity index (χ3n) is 4.35. The van der Waals surface area contributed by atoms with Crippen molar-refractivity contribution in [2.45, 2.75) is 12.6 Å². The van der Waals surface area contributed by atoms with Gasteiger partial charge in [-0.05, 0) is 12.1 Å². The van der Waals surface area contributed by atoms with Crippen LogP contribution in [-0.4, -0.2) is 66.5 Å². The first-order chi connectivity index (χ1) is 12.6. The number of halogens is 1. The molecule has 148 valence electrons. The van der Waals surface area contributed by atoms with Crippen LogP contribution in [0.3, 0.4) is 0 Å². The summed E-state index contributed by atoms with van der Waals surface area (Å²) in [6, 6.07) is 6.04. The van der Waals surface area contributed by atoms with E-state index in [2.05, 4.69) is 25.3 Å². The second kappa shape index (κ2) is 9.88. The first-order valence-electron chi connectivity index (χ1n) is 8.76. The molecule has 1 fully saturated rings. The maximum absolute atomic E-state index is 5.91. The minimum atomic E-state index is 0. The number of anilines is 1. The quantitative estimate of drug-likeness (QED) is 0.404. The third-order valence-corrected chi connectivity index (χ3v) is 4.35. The molecule has 0 saturated carbocycles. The summed E-state index contributed by atoms with van der Waals surface area (Å²) >= 11 is 0. The molecular weight excluding hydrogens is 457 g/mol. The van der Waals surface area contributed by atoms with Crippen LogP contribution in [0.2, 0.25) is 0 Å². The van der Waals surface area contributed by atoms with Gasteiger partial charge in [0.25, 0.3) is 0 Å². The number of pyridine rings is 1. The summed E-state index contributed by atoms with van der Waals surface area (Å²) in [5.74, 6) is 1.81. The molecule has 0 amide bonds. The molecular formula is C18H28IN7O. The molecule has 1 N–H and O–H groups in total. The van der Waals surface area contributed by atoms with Crippen LogP contribution in [0.5, 0.6) is 0 Å². The summed E-state index contributed by atoms with van der Waals surface area (Å²) in [6.45, 7) is 2.84. The Bertz CT molecular complexity index is 762. The van der Waals surface area contributed by atoms with E-state index in [4.69, 9.17) is 4.74 Å². The molecule has 2 aromatic heterocycles. The van der Waals surface area contributed by atoms with Crippen LogP contribution in [0, 0.1) is 0 Å². The van der Waals surface area contributed by atoms with Crippen LogP contribution in [0.1, 0.15) is 17.4 Å². The smallest absolute Gasteiger partial charge is 0.194 e. The Morgan fingerprint density at radius 3 is 2.89 bits per heavy atom. The first kappa shape index (κ1) is 21.4. The monoisotopic (exact) mass is 485 g/mol. The van der Waals surface area contributed by atoms with Gasteiger partial charge in [-0.2, -0.15) is 5.10 Å². The summed E-state index contributed by atoms with van der Waals surface area (Å²) in [5, 5.41) is 7.66. The molecule has 9 heteroatoms. The van der Waals surface area contributed by atoms with Crippen molar-refractivity contribution in [3.8, 4) is 0 Å². The number of hydrogen-bond acceptors (Lipinski definition) is 5. The van der Waals surface area contributed by atoms with E-state index in [1.54, 1.807) is 11.7 Å². The molecule has 3 rings (SSSR count). The molecule has 27 heavy (non-hydrogen) atoms. The van der Waals surface area contributed by atoms with Crippen LogP contribution in [0.4, 0.5) is 5.82 Å². The van der Waals surface area contributed by atoms with Gasteiger partial charge in [-0.3, -0.25) is 9.67 Å². The van der Waals surface area contributed by atoms with Crippen LogP contribution in [0.25, 0.3) is 0 Å². The number of ether oxygens (including phenoxy) is 1. The fourth-order valence-corrected chi connectivity index (χ4v) is 2.97. The average molecular weight is 485 g/mol. The van der Waals surface area contributed by atoms with Gasteiger partial charge in [0.2, 0.25) is 0 Å². The Kier molecular flexibility index (Phi) is 7.84. The molecule has 2 aromatic rings. The highest BCUT2D eigenvalue weighted by atomic mass is 127. The number of aliphatic imine (C=N–C) groups is 1. The molecule has 1 atom stereocenters. The predicted molar refractivity (Wildman–Crippen MR) is 118 cm³/mol. The standard InChI is InChI=1S/C18H27N7O.HI/c1-19-18(20-11-15-6-5-7-17(22-15)23(2)3)25-8-9-26-16(13-25)14-10-21-24(4)12-14;/h5-7,10,12,16H,8-9,11,13H2,1-4H3,(H,19,20);1H. The van der Waals surface area contributed by atoms with E-state index < -0.39 is 0 Å². The summed E-state index contributed by atoms with van der Waals surface area (Å²) in [5.41, 5.74) is 2.07. The molecule has 3 heterocycles. The average Bonchev–Trinajstić information content (AvgIpc) is 3.09. The van der Waals surface area contributed by atoms with Gasteiger partial charge in [0.1, 0.15) is 11.9 Å². The molecule has 0 aromatic carbocycles. The number of aromatic nitrogens is 3. The Morgan fingerprint density at radius 1 is 1.41 bits per heavy atom. The number of hydrogen-bond donors (Lipinski definition) is 1. The minimum Gasteiger partial charge on any atom is -0.370 e. The lowest BCUT2D eigenvalue weighted by Crippen LogP contribution is -2.48. The van der Waals surface area contributed by atoms with Crippen molar-refractivity contribution < 1.29 is 4.74 Å². The molecule has 0 aliphatic carbocycles. The predicted octanol–water partition coefficient (Wildman–Crippen LogP) is 1.65. The van der Waals surface area contributed by atoms with Crippen LogP contribution >= 0.6 is 24.0 Å². The number of aryl methyl sites for hydroxylation is 1. The minimum absolute atomic E-state index is 0. The zero-order chi connectivity index (χ0) is 18.5. The van der Waals surface area contributed by atoms with Gasteiger partial charge in [-0.1, -0.05) is 6.07 Å². The highest BCUT2D eigenvalue weighted by Crippen LogP contribution is 2.21. The Labute approximate surface area is 177 Å². The van der Waals surface area contributed by atoms with E-state index >= 15 is 0 Å². The summed E-state index contributed by atoms with van der Waals surface area (Å²) in [4.78, 5) is 13.3. The van der Waals surface area contributed by atoms with Crippen molar-refractivity contribution in [3.05, 3.63) is 41.9 Å². The van der Waals surface area contributed by atoms with E-state index in [9.17, 15) is 0 Å². The lowest BCUT2D eigenvalue weighted by atomic mass is 10.1. The molecule has 0 bridgehead atoms. The van der Waals surface area contributed by atoms with Crippen LogP contribution < -0.4 is 10.2 Å². The van der Waals surface area contributed by atoms with Gasteiger partial charge < -0.3 is 19.9 Å². The fraction of sp³-hybridized carbons (Fsp3) is 0.500. The van der Waals surface area contributed by atoms with E-state index in [0.29, 0.717) is 13.2 Å². The molecule has 0 radical (unpaired) electrons. The van der Waals surface area contributed by atoms with Gasteiger partial charge >= 0.3 is 0 Å². The zero-order valence-electron chi connectivity index (χ0n) is 16.3. The van der Waals surface area contributed by atoms with Gasteiger partial charge in [0, 0.05) is 46.5 Å². The fourth-order valence-electron chi connectivity index (χ4n) is 2.97. The van der Waals surface area contributed by atoms with E-state index in [0.717, 1.165) is 36.1 Å². The highest BCUT2D eigenvalue weighted by Gasteiger charge is 2.25. The Morgan fingerprint density at radius 2 is 2.22 bits per heavy atom.